The molecule has 1 unspecified atom stereocenters. The first-order valence-corrected chi connectivity index (χ1v) is 14.2. The molecule has 16 heteroatoms. The molecule has 0 saturated heterocycles. The molecule has 3 aromatic rings. The van der Waals surface area contributed by atoms with Gasteiger partial charge in [-0.15, -0.1) is 10.2 Å². The first kappa shape index (κ1) is 30.2. The zero-order valence-corrected chi connectivity index (χ0v) is 23.6. The number of rotatable bonds is 13. The SMILES string of the molecule is CC(C)n1nccc1C(=O)N[C@H](C(=O)Nc1cn(C(CCC#N)c2cnnn2CC(F)(F)F)nc1F)C(C1CC1)C1CC1. The monoisotopic (exact) mass is 604 g/mol. The van der Waals surface area contributed by atoms with Crippen molar-refractivity contribution in [3.05, 3.63) is 42.0 Å². The van der Waals surface area contributed by atoms with Gasteiger partial charge in [0.05, 0.1) is 30.2 Å². The molecule has 5 rings (SSSR count). The number of anilines is 1. The lowest BCUT2D eigenvalue weighted by Crippen LogP contribution is -2.50. The fourth-order valence-corrected chi connectivity index (χ4v) is 5.61. The van der Waals surface area contributed by atoms with E-state index in [1.165, 1.54) is 6.20 Å². The number of alkyl halides is 3. The van der Waals surface area contributed by atoms with Gasteiger partial charge in [0.25, 0.3) is 11.9 Å². The minimum absolute atomic E-state index is 0.0100. The highest BCUT2D eigenvalue weighted by Gasteiger charge is 2.48. The maximum atomic E-state index is 15.2. The summed E-state index contributed by atoms with van der Waals surface area (Å²) in [6.45, 7) is 2.32. The van der Waals surface area contributed by atoms with Crippen LogP contribution in [-0.2, 0) is 11.3 Å². The Balaban J connectivity index is 1.40. The number of amides is 2. The fraction of sp³-hybridized carbons (Fsp3) is 0.593. The van der Waals surface area contributed by atoms with Crippen molar-refractivity contribution in [2.75, 3.05) is 5.32 Å². The Morgan fingerprint density at radius 1 is 1.19 bits per heavy atom. The maximum Gasteiger partial charge on any atom is 0.408 e. The summed E-state index contributed by atoms with van der Waals surface area (Å²) < 4.78 is 57.8. The molecule has 2 atom stereocenters. The first-order chi connectivity index (χ1) is 20.5. The molecule has 43 heavy (non-hydrogen) atoms. The van der Waals surface area contributed by atoms with Crippen LogP contribution in [0.15, 0.2) is 24.7 Å². The quantitative estimate of drug-likeness (QED) is 0.280. The summed E-state index contributed by atoms with van der Waals surface area (Å²) in [5.74, 6) is -1.80. The standard InChI is InChI=1S/C27H32F4N10O2/c1-15(2)41-20(9-11-34-41)25(42)36-23(22(16-5-6-16)17-7-8-17)26(43)35-18-13-39(37-24(18)28)19(4-3-10-32)21-12-33-38-40(21)14-27(29,30)31/h9,11-13,15-17,19,22-23H,3-8,14H2,1-2H3,(H,35,43)(H,36,42)/t19?,23-/m0/s1. The number of nitrogens with one attached hydrogen (secondary N) is 2. The second kappa shape index (κ2) is 12.1. The van der Waals surface area contributed by atoms with Gasteiger partial charge in [-0.05, 0) is 69.8 Å². The lowest BCUT2D eigenvalue weighted by Gasteiger charge is -2.27. The Bertz CT molecular complexity index is 1480. The van der Waals surface area contributed by atoms with Crippen molar-refractivity contribution in [1.82, 2.24) is 39.9 Å². The molecule has 3 heterocycles. The number of carbonyl (C=O) groups excluding carboxylic acids is 2. The van der Waals surface area contributed by atoms with Crippen LogP contribution in [0.1, 0.15) is 80.6 Å². The largest absolute Gasteiger partial charge is 0.408 e. The zero-order chi connectivity index (χ0) is 30.9. The highest BCUT2D eigenvalue weighted by molar-refractivity contribution is 6.00. The number of halogens is 4. The second-order valence-electron chi connectivity index (χ2n) is 11.4. The molecule has 2 fully saturated rings. The molecule has 2 amide bonds. The van der Waals surface area contributed by atoms with Crippen LogP contribution in [0.4, 0.5) is 23.2 Å². The van der Waals surface area contributed by atoms with Gasteiger partial charge >= 0.3 is 6.18 Å². The molecule has 0 bridgehead atoms. The minimum Gasteiger partial charge on any atom is -0.339 e. The molecule has 12 nitrogen and oxygen atoms in total. The van der Waals surface area contributed by atoms with Crippen LogP contribution in [0, 0.1) is 35.0 Å². The number of carbonyl (C=O) groups is 2. The molecule has 0 aromatic carbocycles. The summed E-state index contributed by atoms with van der Waals surface area (Å²) in [5, 5.41) is 29.6. The number of aromatic nitrogens is 7. The molecule has 2 saturated carbocycles. The Kier molecular flexibility index (Phi) is 8.52. The van der Waals surface area contributed by atoms with Gasteiger partial charge in [-0.2, -0.15) is 27.9 Å². The molecule has 2 N–H and O–H groups in total. The molecule has 3 aromatic heterocycles. The third kappa shape index (κ3) is 7.03. The predicted octanol–water partition coefficient (Wildman–Crippen LogP) is 4.02. The Hall–Kier alpha value is -4.29. The van der Waals surface area contributed by atoms with Crippen LogP contribution < -0.4 is 10.6 Å². The average Bonchev–Trinajstić information content (AvgIpc) is 3.82. The van der Waals surface area contributed by atoms with E-state index >= 15 is 4.39 Å². The molecular formula is C27H32F4N10O2. The zero-order valence-electron chi connectivity index (χ0n) is 23.6. The van der Waals surface area contributed by atoms with Crippen molar-refractivity contribution in [2.24, 2.45) is 17.8 Å². The van der Waals surface area contributed by atoms with Crippen LogP contribution in [0.2, 0.25) is 0 Å². The lowest BCUT2D eigenvalue weighted by atomic mass is 9.88. The highest BCUT2D eigenvalue weighted by atomic mass is 19.4. The molecule has 230 valence electrons. The van der Waals surface area contributed by atoms with Crippen molar-refractivity contribution in [3.8, 4) is 6.07 Å². The maximum absolute atomic E-state index is 15.2. The summed E-state index contributed by atoms with van der Waals surface area (Å²) in [6, 6.07) is 1.42. The van der Waals surface area contributed by atoms with Gasteiger partial charge in [-0.25, -0.2) is 4.68 Å². The third-order valence-electron chi connectivity index (χ3n) is 7.79. The normalized spacial score (nSPS) is 16.7. The van der Waals surface area contributed by atoms with E-state index in [0.717, 1.165) is 42.8 Å². The van der Waals surface area contributed by atoms with Crippen molar-refractivity contribution < 1.29 is 27.2 Å². The number of nitriles is 1. The topological polar surface area (TPSA) is 148 Å². The number of hydrogen-bond donors (Lipinski definition) is 2. The summed E-state index contributed by atoms with van der Waals surface area (Å²) in [4.78, 5) is 27.1. The van der Waals surface area contributed by atoms with E-state index in [-0.39, 0.29) is 48.0 Å². The predicted molar refractivity (Wildman–Crippen MR) is 143 cm³/mol. The van der Waals surface area contributed by atoms with Gasteiger partial charge in [0.2, 0.25) is 5.91 Å². The van der Waals surface area contributed by atoms with E-state index in [2.05, 4.69) is 31.1 Å². The summed E-state index contributed by atoms with van der Waals surface area (Å²) in [7, 11) is 0. The third-order valence-corrected chi connectivity index (χ3v) is 7.79. The Morgan fingerprint density at radius 3 is 2.49 bits per heavy atom. The van der Waals surface area contributed by atoms with Gasteiger partial charge in [0.1, 0.15) is 24.0 Å². The van der Waals surface area contributed by atoms with Crippen molar-refractivity contribution in [2.45, 2.75) is 83.2 Å². The van der Waals surface area contributed by atoms with Crippen LogP contribution in [0.25, 0.3) is 0 Å². The molecule has 2 aliphatic rings. The van der Waals surface area contributed by atoms with Gasteiger partial charge in [-0.1, -0.05) is 5.21 Å². The van der Waals surface area contributed by atoms with E-state index in [1.807, 2.05) is 19.9 Å². The van der Waals surface area contributed by atoms with Gasteiger partial charge in [-0.3, -0.25) is 19.0 Å². The molecule has 2 aliphatic carbocycles. The van der Waals surface area contributed by atoms with E-state index in [1.54, 1.807) is 10.7 Å². The van der Waals surface area contributed by atoms with Crippen molar-refractivity contribution >= 4 is 17.5 Å². The Morgan fingerprint density at radius 2 is 1.88 bits per heavy atom. The fourth-order valence-electron chi connectivity index (χ4n) is 5.61. The Labute approximate surface area is 244 Å². The highest BCUT2D eigenvalue weighted by Crippen LogP contribution is 2.51. The smallest absolute Gasteiger partial charge is 0.339 e. The number of hydrogen-bond acceptors (Lipinski definition) is 7. The minimum atomic E-state index is -4.59. The van der Waals surface area contributed by atoms with Crippen LogP contribution in [-0.4, -0.2) is 58.6 Å². The van der Waals surface area contributed by atoms with E-state index in [0.29, 0.717) is 10.4 Å². The molecule has 0 radical (unpaired) electrons. The first-order valence-electron chi connectivity index (χ1n) is 14.2. The number of nitrogens with zero attached hydrogens (tertiary/aromatic N) is 8. The average molecular weight is 605 g/mol. The van der Waals surface area contributed by atoms with Gasteiger partial charge in [0, 0.05) is 18.7 Å². The van der Waals surface area contributed by atoms with Gasteiger partial charge in [0.15, 0.2) is 0 Å². The molecular weight excluding hydrogens is 572 g/mol. The van der Waals surface area contributed by atoms with Gasteiger partial charge < -0.3 is 10.6 Å². The van der Waals surface area contributed by atoms with Crippen molar-refractivity contribution in [3.63, 3.8) is 0 Å². The van der Waals surface area contributed by atoms with E-state index in [9.17, 15) is 22.8 Å². The van der Waals surface area contributed by atoms with Crippen LogP contribution in [0.5, 0.6) is 0 Å². The van der Waals surface area contributed by atoms with Crippen molar-refractivity contribution in [1.29, 1.82) is 5.26 Å². The molecule has 0 aliphatic heterocycles. The van der Waals surface area contributed by atoms with E-state index < -0.39 is 42.6 Å². The summed E-state index contributed by atoms with van der Waals surface area (Å²) in [5.41, 5.74) is -0.0393. The second-order valence-corrected chi connectivity index (χ2v) is 11.4. The van der Waals surface area contributed by atoms with E-state index in [4.69, 9.17) is 5.26 Å². The lowest BCUT2D eigenvalue weighted by molar-refractivity contribution is -0.143. The van der Waals surface area contributed by atoms with Crippen LogP contribution in [0.3, 0.4) is 0 Å². The summed E-state index contributed by atoms with van der Waals surface area (Å²) in [6.07, 6.45) is 2.81. The molecule has 0 spiro atoms. The van der Waals surface area contributed by atoms with Crippen LogP contribution >= 0.6 is 0 Å². The summed E-state index contributed by atoms with van der Waals surface area (Å²) >= 11 is 0.